The van der Waals surface area contributed by atoms with Crippen molar-refractivity contribution in [2.45, 2.75) is 20.8 Å². The van der Waals surface area contributed by atoms with Gasteiger partial charge in [-0.15, -0.1) is 15.3 Å². The Morgan fingerprint density at radius 3 is 0.889 bits per heavy atom. The number of hydrogen-bond acceptors (Lipinski definition) is 6. The van der Waals surface area contributed by atoms with Crippen LogP contribution in [-0.4, -0.2) is 35.0 Å². The van der Waals surface area contributed by atoms with E-state index in [0.717, 1.165) is 16.7 Å². The summed E-state index contributed by atoms with van der Waals surface area (Å²) in [4.78, 5) is 0. The molecule has 0 saturated heterocycles. The average Bonchev–Trinajstić information content (AvgIpc) is 2.61. The van der Waals surface area contributed by atoms with Crippen LogP contribution in [0, 0.1) is 0 Å². The second-order valence-electron chi connectivity index (χ2n) is 5.43. The van der Waals surface area contributed by atoms with Crippen LogP contribution in [0.1, 0.15) is 37.5 Å². The molecule has 12 nitrogen and oxygen atoms in total. The summed E-state index contributed by atoms with van der Waals surface area (Å²) >= 11 is 0. The van der Waals surface area contributed by atoms with Gasteiger partial charge in [0, 0.05) is 0 Å². The van der Waals surface area contributed by atoms with Crippen LogP contribution in [0.2, 0.25) is 0 Å². The lowest BCUT2D eigenvalue weighted by molar-refractivity contribution is 1.19. The normalized spacial score (nSPS) is 12.3. The lowest BCUT2D eigenvalue weighted by Gasteiger charge is -2.09. The lowest BCUT2D eigenvalue weighted by atomic mass is 9.98. The van der Waals surface area contributed by atoms with Crippen molar-refractivity contribution in [2.75, 3.05) is 0 Å². The maximum Gasteiger partial charge on any atom is 0.211 e. The first kappa shape index (κ1) is 21.1. The summed E-state index contributed by atoms with van der Waals surface area (Å²) in [7, 11) is 0. The Morgan fingerprint density at radius 1 is 0.481 bits per heavy atom. The summed E-state index contributed by atoms with van der Waals surface area (Å²) in [6.45, 7) is 5.25. The van der Waals surface area contributed by atoms with Gasteiger partial charge in [-0.05, 0) is 55.7 Å². The number of benzene rings is 1. The molecule has 0 amide bonds. The minimum atomic E-state index is -0.151. The summed E-state index contributed by atoms with van der Waals surface area (Å²) in [5, 5.41) is 22.9. The minimum Gasteiger partial charge on any atom is -0.369 e. The largest absolute Gasteiger partial charge is 0.369 e. The van der Waals surface area contributed by atoms with E-state index in [1.807, 2.05) is 18.2 Å². The van der Waals surface area contributed by atoms with Crippen LogP contribution in [0.4, 0.5) is 0 Å². The van der Waals surface area contributed by atoms with Crippen LogP contribution in [0.5, 0.6) is 0 Å². The van der Waals surface area contributed by atoms with Crippen molar-refractivity contribution in [1.82, 2.24) is 0 Å². The highest BCUT2D eigenvalue weighted by molar-refractivity contribution is 6.08. The van der Waals surface area contributed by atoms with Gasteiger partial charge in [-0.1, -0.05) is 0 Å². The summed E-state index contributed by atoms with van der Waals surface area (Å²) in [6.07, 6.45) is 0. The number of nitrogens with zero attached hydrogens (tertiary/aromatic N) is 6. The maximum absolute atomic E-state index is 5.32. The Balaban J connectivity index is 3.56. The standard InChI is InChI=1S/C15H24N12/c1-7(22-25-13(16)17)10-4-11(8(2)23-26-14(18)19)6-12(5-10)9(3)24-27-15(20)21/h4-6H,1-3H3,(H4,16,17,25)(H4,18,19,26)(H4,20,21,27)/b22-7-,23-8-,24-9-. The fourth-order valence-electron chi connectivity index (χ4n) is 1.83. The second kappa shape index (κ2) is 9.50. The van der Waals surface area contributed by atoms with E-state index in [9.17, 15) is 0 Å². The number of hydrogen-bond donors (Lipinski definition) is 6. The molecular weight excluding hydrogens is 348 g/mol. The number of nitrogens with two attached hydrogens (primary N) is 6. The molecule has 0 saturated carbocycles. The van der Waals surface area contributed by atoms with Gasteiger partial charge in [0.2, 0.25) is 17.9 Å². The van der Waals surface area contributed by atoms with E-state index in [4.69, 9.17) is 34.4 Å². The quantitative estimate of drug-likeness (QED) is 0.201. The van der Waals surface area contributed by atoms with E-state index in [2.05, 4.69) is 30.6 Å². The first-order valence-corrected chi connectivity index (χ1v) is 7.66. The number of guanidine groups is 3. The van der Waals surface area contributed by atoms with Gasteiger partial charge in [0.25, 0.3) is 0 Å². The van der Waals surface area contributed by atoms with Crippen molar-refractivity contribution in [1.29, 1.82) is 0 Å². The van der Waals surface area contributed by atoms with E-state index in [-0.39, 0.29) is 17.9 Å². The summed E-state index contributed by atoms with van der Waals surface area (Å²) in [5.74, 6) is -0.454. The van der Waals surface area contributed by atoms with Crippen LogP contribution < -0.4 is 34.4 Å². The molecule has 12 N–H and O–H groups in total. The summed E-state index contributed by atoms with van der Waals surface area (Å²) in [6, 6.07) is 5.50. The van der Waals surface area contributed by atoms with E-state index in [0.29, 0.717) is 17.1 Å². The lowest BCUT2D eigenvalue weighted by Crippen LogP contribution is -2.22. The molecule has 1 aromatic rings. The molecule has 0 heterocycles. The van der Waals surface area contributed by atoms with E-state index in [1.54, 1.807) is 20.8 Å². The van der Waals surface area contributed by atoms with E-state index >= 15 is 0 Å². The minimum absolute atomic E-state index is 0.151. The Hall–Kier alpha value is -3.96. The second-order valence-corrected chi connectivity index (χ2v) is 5.43. The first-order valence-electron chi connectivity index (χ1n) is 7.66. The Bertz CT molecular complexity index is 734. The number of rotatable bonds is 6. The van der Waals surface area contributed by atoms with Crippen molar-refractivity contribution < 1.29 is 0 Å². The Morgan fingerprint density at radius 2 is 0.704 bits per heavy atom. The van der Waals surface area contributed by atoms with Crippen LogP contribution in [-0.2, 0) is 0 Å². The highest BCUT2D eigenvalue weighted by Crippen LogP contribution is 2.15. The SMILES string of the molecule is C/C(=N/N=C(N)N)c1cc(/C(C)=N\N=C(N)N)cc(/C(C)=N\N=C(N)N)c1. The summed E-state index contributed by atoms with van der Waals surface area (Å²) in [5.41, 5.74) is 35.8. The van der Waals surface area contributed by atoms with Crippen molar-refractivity contribution in [2.24, 2.45) is 65.0 Å². The highest BCUT2D eigenvalue weighted by atomic mass is 15.3. The van der Waals surface area contributed by atoms with Gasteiger partial charge in [0.1, 0.15) is 0 Å². The van der Waals surface area contributed by atoms with Crippen molar-refractivity contribution >= 4 is 35.0 Å². The predicted octanol–water partition coefficient (Wildman–Crippen LogP) is -1.32. The van der Waals surface area contributed by atoms with Gasteiger partial charge in [-0.3, -0.25) is 0 Å². The molecule has 0 aromatic heterocycles. The summed E-state index contributed by atoms with van der Waals surface area (Å²) < 4.78 is 0. The van der Waals surface area contributed by atoms with Gasteiger partial charge in [-0.2, -0.15) is 15.3 Å². The van der Waals surface area contributed by atoms with Crippen LogP contribution >= 0.6 is 0 Å². The van der Waals surface area contributed by atoms with E-state index in [1.165, 1.54) is 0 Å². The topological polar surface area (TPSA) is 230 Å². The molecule has 0 aliphatic heterocycles. The Kier molecular flexibility index (Phi) is 7.42. The molecule has 0 aliphatic rings. The van der Waals surface area contributed by atoms with Crippen LogP contribution in [0.3, 0.4) is 0 Å². The fourth-order valence-corrected chi connectivity index (χ4v) is 1.83. The van der Waals surface area contributed by atoms with Crippen LogP contribution in [0.25, 0.3) is 0 Å². The zero-order valence-corrected chi connectivity index (χ0v) is 15.4. The average molecular weight is 372 g/mol. The third kappa shape index (κ3) is 7.21. The molecule has 0 bridgehead atoms. The molecule has 0 atom stereocenters. The molecule has 0 spiro atoms. The molecule has 0 aliphatic carbocycles. The highest BCUT2D eigenvalue weighted by Gasteiger charge is 2.09. The van der Waals surface area contributed by atoms with Gasteiger partial charge in [0.05, 0.1) is 17.1 Å². The predicted molar refractivity (Wildman–Crippen MR) is 111 cm³/mol. The molecule has 27 heavy (non-hydrogen) atoms. The monoisotopic (exact) mass is 372 g/mol. The molecule has 1 aromatic carbocycles. The molecule has 0 radical (unpaired) electrons. The third-order valence-electron chi connectivity index (χ3n) is 3.13. The maximum atomic E-state index is 5.32. The molecule has 0 unspecified atom stereocenters. The molecule has 0 fully saturated rings. The van der Waals surface area contributed by atoms with Crippen molar-refractivity contribution in [3.05, 3.63) is 34.9 Å². The smallest absolute Gasteiger partial charge is 0.211 e. The third-order valence-corrected chi connectivity index (χ3v) is 3.13. The van der Waals surface area contributed by atoms with E-state index < -0.39 is 0 Å². The van der Waals surface area contributed by atoms with Gasteiger partial charge < -0.3 is 34.4 Å². The van der Waals surface area contributed by atoms with Gasteiger partial charge >= 0.3 is 0 Å². The van der Waals surface area contributed by atoms with Gasteiger partial charge in [-0.25, -0.2) is 0 Å². The van der Waals surface area contributed by atoms with Crippen molar-refractivity contribution in [3.8, 4) is 0 Å². The molecule has 1 rings (SSSR count). The molecule has 12 heteroatoms. The molecular formula is C15H24N12. The fraction of sp³-hybridized carbons (Fsp3) is 0.200. The molecule has 144 valence electrons. The zero-order valence-electron chi connectivity index (χ0n) is 15.4. The Labute approximate surface area is 156 Å². The van der Waals surface area contributed by atoms with Gasteiger partial charge in [0.15, 0.2) is 0 Å². The van der Waals surface area contributed by atoms with Crippen molar-refractivity contribution in [3.63, 3.8) is 0 Å². The zero-order chi connectivity index (χ0) is 20.6. The first-order chi connectivity index (χ1) is 12.6. The van der Waals surface area contributed by atoms with Crippen LogP contribution in [0.15, 0.2) is 48.8 Å².